The number of carbonyl (C=O) groups is 1. The van der Waals surface area contributed by atoms with Crippen LogP contribution in [0.1, 0.15) is 15.9 Å². The van der Waals surface area contributed by atoms with E-state index < -0.39 is 11.7 Å². The van der Waals surface area contributed by atoms with Crippen LogP contribution in [0.25, 0.3) is 0 Å². The summed E-state index contributed by atoms with van der Waals surface area (Å²) >= 11 is 8.00. The maximum atomic E-state index is 13.6. The average Bonchev–Trinajstić information content (AvgIpc) is 2.32. The van der Waals surface area contributed by atoms with E-state index in [1.807, 2.05) is 29.5 Å². The summed E-state index contributed by atoms with van der Waals surface area (Å²) in [6.45, 7) is 1.88. The van der Waals surface area contributed by atoms with Crippen LogP contribution >= 0.6 is 34.2 Å². The SMILES string of the molecule is Cc1ccc(C(=O)Nc2ccc(I)cc2F)c(Cl)c1. The fourth-order valence-electron chi connectivity index (χ4n) is 1.58. The van der Waals surface area contributed by atoms with Gasteiger partial charge in [0.05, 0.1) is 16.3 Å². The Kier molecular flexibility index (Phi) is 4.42. The summed E-state index contributed by atoms with van der Waals surface area (Å²) < 4.78 is 14.4. The predicted octanol–water partition coefficient (Wildman–Crippen LogP) is 4.64. The summed E-state index contributed by atoms with van der Waals surface area (Å²) in [5.74, 6) is -0.895. The zero-order valence-corrected chi connectivity index (χ0v) is 12.9. The second kappa shape index (κ2) is 5.88. The summed E-state index contributed by atoms with van der Waals surface area (Å²) in [4.78, 5) is 12.0. The van der Waals surface area contributed by atoms with Crippen LogP contribution in [0.5, 0.6) is 0 Å². The third kappa shape index (κ3) is 3.45. The standard InChI is InChI=1S/C14H10ClFINO/c1-8-2-4-10(11(15)6-8)14(19)18-13-5-3-9(17)7-12(13)16/h2-7H,1H3,(H,18,19). The zero-order chi connectivity index (χ0) is 14.0. The molecule has 98 valence electrons. The number of anilines is 1. The molecule has 2 aromatic carbocycles. The largest absolute Gasteiger partial charge is 0.319 e. The van der Waals surface area contributed by atoms with Crippen molar-refractivity contribution in [1.29, 1.82) is 0 Å². The second-order valence-electron chi connectivity index (χ2n) is 4.06. The lowest BCUT2D eigenvalue weighted by molar-refractivity contribution is 0.102. The van der Waals surface area contributed by atoms with Gasteiger partial charge in [-0.1, -0.05) is 17.7 Å². The molecule has 1 amide bonds. The molecule has 2 rings (SSSR count). The molecule has 0 aliphatic heterocycles. The van der Waals surface area contributed by atoms with Gasteiger partial charge in [-0.3, -0.25) is 4.79 Å². The first kappa shape index (κ1) is 14.3. The van der Waals surface area contributed by atoms with Gasteiger partial charge in [0.25, 0.3) is 5.91 Å². The van der Waals surface area contributed by atoms with Crippen molar-refractivity contribution in [3.8, 4) is 0 Å². The van der Waals surface area contributed by atoms with Crippen LogP contribution in [0.3, 0.4) is 0 Å². The van der Waals surface area contributed by atoms with Gasteiger partial charge < -0.3 is 5.32 Å². The van der Waals surface area contributed by atoms with Crippen LogP contribution < -0.4 is 5.32 Å². The monoisotopic (exact) mass is 389 g/mol. The van der Waals surface area contributed by atoms with Crippen molar-refractivity contribution < 1.29 is 9.18 Å². The summed E-state index contributed by atoms with van der Waals surface area (Å²) in [7, 11) is 0. The molecule has 0 unspecified atom stereocenters. The molecule has 0 saturated carbocycles. The number of nitrogens with one attached hydrogen (secondary N) is 1. The smallest absolute Gasteiger partial charge is 0.257 e. The van der Waals surface area contributed by atoms with E-state index in [0.29, 0.717) is 10.6 Å². The van der Waals surface area contributed by atoms with E-state index in [1.165, 1.54) is 12.1 Å². The van der Waals surface area contributed by atoms with E-state index in [9.17, 15) is 9.18 Å². The van der Waals surface area contributed by atoms with Crippen LogP contribution in [0, 0.1) is 16.3 Å². The second-order valence-corrected chi connectivity index (χ2v) is 5.71. The molecule has 2 nitrogen and oxygen atoms in total. The lowest BCUT2D eigenvalue weighted by Gasteiger charge is -2.08. The molecule has 0 aromatic heterocycles. The van der Waals surface area contributed by atoms with Gasteiger partial charge in [-0.05, 0) is 65.4 Å². The van der Waals surface area contributed by atoms with Gasteiger partial charge in [0.1, 0.15) is 5.82 Å². The van der Waals surface area contributed by atoms with Crippen LogP contribution in [0.4, 0.5) is 10.1 Å². The topological polar surface area (TPSA) is 29.1 Å². The molecule has 0 heterocycles. The van der Waals surface area contributed by atoms with Crippen LogP contribution in [-0.4, -0.2) is 5.91 Å². The Morgan fingerprint density at radius 2 is 2.00 bits per heavy atom. The molecular weight excluding hydrogens is 380 g/mol. The van der Waals surface area contributed by atoms with Crippen molar-refractivity contribution in [2.45, 2.75) is 6.92 Å². The number of halogens is 3. The van der Waals surface area contributed by atoms with Crippen molar-refractivity contribution in [2.75, 3.05) is 5.32 Å². The average molecular weight is 390 g/mol. The first-order valence-corrected chi connectivity index (χ1v) is 6.95. The Labute approximate surface area is 129 Å². The molecule has 0 saturated heterocycles. The first-order chi connectivity index (χ1) is 8.97. The van der Waals surface area contributed by atoms with Gasteiger partial charge in [0.2, 0.25) is 0 Å². The lowest BCUT2D eigenvalue weighted by atomic mass is 10.1. The van der Waals surface area contributed by atoms with Crippen molar-refractivity contribution >= 4 is 45.8 Å². The molecule has 5 heteroatoms. The van der Waals surface area contributed by atoms with E-state index >= 15 is 0 Å². The lowest BCUT2D eigenvalue weighted by Crippen LogP contribution is -2.13. The summed E-state index contributed by atoms with van der Waals surface area (Å²) in [6, 6.07) is 9.70. The van der Waals surface area contributed by atoms with Gasteiger partial charge in [-0.15, -0.1) is 0 Å². The van der Waals surface area contributed by atoms with E-state index in [4.69, 9.17) is 11.6 Å². The van der Waals surface area contributed by atoms with E-state index in [-0.39, 0.29) is 5.69 Å². The first-order valence-electron chi connectivity index (χ1n) is 5.50. The van der Waals surface area contributed by atoms with Gasteiger partial charge in [-0.25, -0.2) is 4.39 Å². The number of hydrogen-bond donors (Lipinski definition) is 1. The van der Waals surface area contributed by atoms with Gasteiger partial charge >= 0.3 is 0 Å². The van der Waals surface area contributed by atoms with Crippen molar-refractivity contribution in [2.24, 2.45) is 0 Å². The van der Waals surface area contributed by atoms with E-state index in [2.05, 4.69) is 5.32 Å². The molecule has 0 spiro atoms. The number of carbonyl (C=O) groups excluding carboxylic acids is 1. The highest BCUT2D eigenvalue weighted by Crippen LogP contribution is 2.21. The maximum absolute atomic E-state index is 13.6. The highest BCUT2D eigenvalue weighted by molar-refractivity contribution is 14.1. The third-order valence-corrected chi connectivity index (χ3v) is 3.53. The summed E-state index contributed by atoms with van der Waals surface area (Å²) in [6.07, 6.45) is 0. The summed E-state index contributed by atoms with van der Waals surface area (Å²) in [5, 5.41) is 2.86. The zero-order valence-electron chi connectivity index (χ0n) is 10.0. The maximum Gasteiger partial charge on any atom is 0.257 e. The minimum absolute atomic E-state index is 0.141. The molecule has 0 bridgehead atoms. The van der Waals surface area contributed by atoms with Gasteiger partial charge in [0, 0.05) is 3.57 Å². The highest BCUT2D eigenvalue weighted by atomic mass is 127. The van der Waals surface area contributed by atoms with Gasteiger partial charge in [-0.2, -0.15) is 0 Å². The minimum Gasteiger partial charge on any atom is -0.319 e. The quantitative estimate of drug-likeness (QED) is 0.745. The Bertz CT molecular complexity index is 645. The fourth-order valence-corrected chi connectivity index (χ4v) is 2.36. The Morgan fingerprint density at radius 1 is 1.26 bits per heavy atom. The number of hydrogen-bond acceptors (Lipinski definition) is 1. The van der Waals surface area contributed by atoms with Crippen LogP contribution in [0.15, 0.2) is 36.4 Å². The number of benzene rings is 2. The fraction of sp³-hybridized carbons (Fsp3) is 0.0714. The molecule has 19 heavy (non-hydrogen) atoms. The van der Waals surface area contributed by atoms with Crippen molar-refractivity contribution in [3.63, 3.8) is 0 Å². The number of amides is 1. The van der Waals surface area contributed by atoms with Gasteiger partial charge in [0.15, 0.2) is 0 Å². The normalized spacial score (nSPS) is 10.3. The molecule has 0 radical (unpaired) electrons. The Hall–Kier alpha value is -1.14. The third-order valence-electron chi connectivity index (χ3n) is 2.55. The molecule has 2 aromatic rings. The van der Waals surface area contributed by atoms with E-state index in [0.717, 1.165) is 9.13 Å². The molecule has 0 aliphatic rings. The predicted molar refractivity (Wildman–Crippen MR) is 83.3 cm³/mol. The van der Waals surface area contributed by atoms with E-state index in [1.54, 1.807) is 24.3 Å². The van der Waals surface area contributed by atoms with Crippen molar-refractivity contribution in [3.05, 3.63) is 61.9 Å². The molecule has 1 N–H and O–H groups in total. The van der Waals surface area contributed by atoms with Crippen LogP contribution in [0.2, 0.25) is 5.02 Å². The molecule has 0 fully saturated rings. The molecule has 0 atom stereocenters. The highest BCUT2D eigenvalue weighted by Gasteiger charge is 2.12. The number of aryl methyl sites for hydroxylation is 1. The Balaban J connectivity index is 2.25. The summed E-state index contributed by atoms with van der Waals surface area (Å²) in [5.41, 5.74) is 1.43. The van der Waals surface area contributed by atoms with Crippen LogP contribution in [-0.2, 0) is 0 Å². The number of rotatable bonds is 2. The molecule has 0 aliphatic carbocycles. The minimum atomic E-state index is -0.469. The Morgan fingerprint density at radius 3 is 2.63 bits per heavy atom. The molecular formula is C14H10ClFINO. The van der Waals surface area contributed by atoms with Crippen molar-refractivity contribution in [1.82, 2.24) is 0 Å².